The van der Waals surface area contributed by atoms with Crippen LogP contribution in [-0.2, 0) is 0 Å². The fourth-order valence-electron chi connectivity index (χ4n) is 3.72. The highest BCUT2D eigenvalue weighted by Gasteiger charge is 2.29. The van der Waals surface area contributed by atoms with Gasteiger partial charge >= 0.3 is 0 Å². The summed E-state index contributed by atoms with van der Waals surface area (Å²) in [6.07, 6.45) is 0. The predicted molar refractivity (Wildman–Crippen MR) is 109 cm³/mol. The topological polar surface area (TPSA) is 67.9 Å². The third-order valence-corrected chi connectivity index (χ3v) is 5.00. The first-order valence-electron chi connectivity index (χ1n) is 9.00. The van der Waals surface area contributed by atoms with Crippen molar-refractivity contribution in [1.82, 2.24) is 0 Å². The van der Waals surface area contributed by atoms with Gasteiger partial charge in [0.25, 0.3) is 11.8 Å². The molecule has 1 aliphatic heterocycles. The van der Waals surface area contributed by atoms with E-state index < -0.39 is 0 Å². The van der Waals surface area contributed by atoms with Gasteiger partial charge in [0.05, 0.1) is 25.5 Å². The van der Waals surface area contributed by atoms with Crippen LogP contribution in [0.3, 0.4) is 0 Å². The fraction of sp³-hybridized carbons (Fsp3) is 0.182. The van der Waals surface area contributed by atoms with Gasteiger partial charge in [-0.05, 0) is 37.3 Å². The Labute approximate surface area is 162 Å². The number of para-hydroxylation sites is 1. The van der Waals surface area contributed by atoms with Gasteiger partial charge < -0.3 is 19.7 Å². The lowest BCUT2D eigenvalue weighted by Gasteiger charge is -2.16. The normalized spacial score (nSPS) is 12.4. The maximum atomic E-state index is 13.0. The van der Waals surface area contributed by atoms with E-state index in [4.69, 9.17) is 9.47 Å². The third kappa shape index (κ3) is 2.57. The second-order valence-electron chi connectivity index (χ2n) is 6.40. The summed E-state index contributed by atoms with van der Waals surface area (Å²) in [4.78, 5) is 27.3. The van der Waals surface area contributed by atoms with Crippen molar-refractivity contribution in [3.63, 3.8) is 0 Å². The van der Waals surface area contributed by atoms with Crippen molar-refractivity contribution >= 4 is 34.0 Å². The van der Waals surface area contributed by atoms with Gasteiger partial charge in [-0.15, -0.1) is 0 Å². The number of methoxy groups -OCH3 is 2. The maximum Gasteiger partial charge on any atom is 0.259 e. The van der Waals surface area contributed by atoms with Crippen LogP contribution in [0.4, 0.5) is 11.4 Å². The predicted octanol–water partition coefficient (Wildman–Crippen LogP) is 4.09. The monoisotopic (exact) mass is 376 g/mol. The van der Waals surface area contributed by atoms with Gasteiger partial charge in [-0.25, -0.2) is 0 Å². The molecule has 1 heterocycles. The smallest absolute Gasteiger partial charge is 0.259 e. The first-order valence-corrected chi connectivity index (χ1v) is 9.00. The molecule has 142 valence electrons. The second kappa shape index (κ2) is 6.88. The number of nitrogens with zero attached hydrogens (tertiary/aromatic N) is 1. The molecule has 0 fully saturated rings. The number of rotatable bonds is 5. The van der Waals surface area contributed by atoms with Crippen LogP contribution >= 0.6 is 0 Å². The summed E-state index contributed by atoms with van der Waals surface area (Å²) in [5, 5.41) is 4.65. The summed E-state index contributed by atoms with van der Waals surface area (Å²) in [6.45, 7) is 2.54. The van der Waals surface area contributed by atoms with E-state index >= 15 is 0 Å². The Kier molecular flexibility index (Phi) is 4.39. The van der Waals surface area contributed by atoms with Crippen LogP contribution in [0.25, 0.3) is 10.8 Å². The molecule has 0 radical (unpaired) electrons. The highest BCUT2D eigenvalue weighted by molar-refractivity contribution is 6.27. The van der Waals surface area contributed by atoms with Crippen LogP contribution in [0.2, 0.25) is 0 Å². The number of carbonyl (C=O) groups excluding carboxylic acids is 2. The number of carbonyl (C=O) groups is 2. The van der Waals surface area contributed by atoms with E-state index in [2.05, 4.69) is 5.32 Å². The van der Waals surface area contributed by atoms with Crippen LogP contribution in [0.5, 0.6) is 11.5 Å². The number of anilines is 2. The summed E-state index contributed by atoms with van der Waals surface area (Å²) in [6, 6.07) is 14.4. The zero-order chi connectivity index (χ0) is 19.8. The molecule has 1 aliphatic rings. The van der Waals surface area contributed by atoms with Crippen LogP contribution in [0, 0.1) is 0 Å². The minimum Gasteiger partial charge on any atom is -0.493 e. The average molecular weight is 376 g/mol. The molecule has 0 saturated carbocycles. The van der Waals surface area contributed by atoms with Gasteiger partial charge in [-0.2, -0.15) is 0 Å². The first kappa shape index (κ1) is 17.9. The minimum atomic E-state index is -0.312. The Morgan fingerprint density at radius 2 is 1.82 bits per heavy atom. The molecule has 0 atom stereocenters. The molecule has 1 N–H and O–H groups in total. The van der Waals surface area contributed by atoms with Crippen molar-refractivity contribution in [2.24, 2.45) is 0 Å². The molecule has 0 saturated heterocycles. The first-order chi connectivity index (χ1) is 13.6. The molecule has 4 rings (SSSR count). The quantitative estimate of drug-likeness (QED) is 0.728. The van der Waals surface area contributed by atoms with E-state index in [0.717, 1.165) is 16.5 Å². The van der Waals surface area contributed by atoms with E-state index in [9.17, 15) is 9.59 Å². The molecule has 0 unspecified atom stereocenters. The lowest BCUT2D eigenvalue weighted by molar-refractivity contribution is 0.0992. The largest absolute Gasteiger partial charge is 0.493 e. The van der Waals surface area contributed by atoms with E-state index in [-0.39, 0.29) is 11.8 Å². The summed E-state index contributed by atoms with van der Waals surface area (Å²) < 4.78 is 10.6. The molecule has 6 heteroatoms. The third-order valence-electron chi connectivity index (χ3n) is 5.00. The number of ether oxygens (including phenoxy) is 2. The van der Waals surface area contributed by atoms with Gasteiger partial charge in [0.1, 0.15) is 0 Å². The zero-order valence-electron chi connectivity index (χ0n) is 15.9. The van der Waals surface area contributed by atoms with Gasteiger partial charge in [0.15, 0.2) is 11.5 Å². The number of benzene rings is 3. The standard InChI is InChI=1S/C22H20N2O4/c1-4-24-17-12-11-16(13-7-5-8-14(19(13)17)22(24)26)23-21(25)15-9-6-10-18(27-2)20(15)28-3/h5-12H,4H2,1-3H3,(H,23,25). The molecule has 28 heavy (non-hydrogen) atoms. The molecule has 3 aromatic rings. The van der Waals surface area contributed by atoms with E-state index in [1.54, 1.807) is 23.1 Å². The molecule has 0 aliphatic carbocycles. The summed E-state index contributed by atoms with van der Waals surface area (Å²) in [7, 11) is 3.03. The molecular formula is C22H20N2O4. The summed E-state index contributed by atoms with van der Waals surface area (Å²) in [5.74, 6) is 0.537. The lowest BCUT2D eigenvalue weighted by Crippen LogP contribution is -2.25. The molecule has 3 aromatic carbocycles. The second-order valence-corrected chi connectivity index (χ2v) is 6.40. The Bertz CT molecular complexity index is 1110. The van der Waals surface area contributed by atoms with Crippen molar-refractivity contribution in [3.8, 4) is 11.5 Å². The zero-order valence-corrected chi connectivity index (χ0v) is 15.9. The van der Waals surface area contributed by atoms with Gasteiger partial charge in [-0.3, -0.25) is 9.59 Å². The van der Waals surface area contributed by atoms with E-state index in [1.807, 2.05) is 37.3 Å². The van der Waals surface area contributed by atoms with Crippen LogP contribution in [0.15, 0.2) is 48.5 Å². The molecule has 0 bridgehead atoms. The Balaban J connectivity index is 1.78. The van der Waals surface area contributed by atoms with Crippen molar-refractivity contribution in [2.75, 3.05) is 31.0 Å². The number of nitrogens with one attached hydrogen (secondary N) is 1. The van der Waals surface area contributed by atoms with E-state index in [1.165, 1.54) is 14.2 Å². The van der Waals surface area contributed by atoms with Gasteiger partial charge in [-0.1, -0.05) is 18.2 Å². The highest BCUT2D eigenvalue weighted by atomic mass is 16.5. The minimum absolute atomic E-state index is 0.0129. The summed E-state index contributed by atoms with van der Waals surface area (Å²) >= 11 is 0. The van der Waals surface area contributed by atoms with Crippen molar-refractivity contribution in [3.05, 3.63) is 59.7 Å². The molecule has 2 amide bonds. The van der Waals surface area contributed by atoms with Gasteiger partial charge in [0, 0.05) is 28.6 Å². The molecular weight excluding hydrogens is 356 g/mol. The number of amides is 2. The van der Waals surface area contributed by atoms with Crippen LogP contribution < -0.4 is 19.7 Å². The maximum absolute atomic E-state index is 13.0. The molecule has 6 nitrogen and oxygen atoms in total. The number of hydrogen-bond acceptors (Lipinski definition) is 4. The lowest BCUT2D eigenvalue weighted by atomic mass is 10.0. The Morgan fingerprint density at radius 1 is 1.04 bits per heavy atom. The Morgan fingerprint density at radius 3 is 2.54 bits per heavy atom. The van der Waals surface area contributed by atoms with E-state index in [0.29, 0.717) is 34.9 Å². The van der Waals surface area contributed by atoms with Crippen LogP contribution in [-0.4, -0.2) is 32.6 Å². The molecule has 0 aromatic heterocycles. The van der Waals surface area contributed by atoms with Crippen molar-refractivity contribution < 1.29 is 19.1 Å². The highest BCUT2D eigenvalue weighted by Crippen LogP contribution is 2.41. The van der Waals surface area contributed by atoms with Crippen molar-refractivity contribution in [1.29, 1.82) is 0 Å². The van der Waals surface area contributed by atoms with Crippen LogP contribution in [0.1, 0.15) is 27.6 Å². The number of hydrogen-bond donors (Lipinski definition) is 1. The summed E-state index contributed by atoms with van der Waals surface area (Å²) in [5.41, 5.74) is 2.54. The average Bonchev–Trinajstić information content (AvgIpc) is 3.01. The Hall–Kier alpha value is -3.54. The fourth-order valence-corrected chi connectivity index (χ4v) is 3.72. The SMILES string of the molecule is CCN1C(=O)c2cccc3c(NC(=O)c4cccc(OC)c4OC)ccc1c23. The van der Waals surface area contributed by atoms with Gasteiger partial charge in [0.2, 0.25) is 0 Å². The molecule has 0 spiro atoms. The van der Waals surface area contributed by atoms with Crippen molar-refractivity contribution in [2.45, 2.75) is 6.92 Å².